The summed E-state index contributed by atoms with van der Waals surface area (Å²) in [5, 5.41) is 6.80. The van der Waals surface area contributed by atoms with Gasteiger partial charge in [-0.3, -0.25) is 14.3 Å². The lowest BCUT2D eigenvalue weighted by atomic mass is 10.1. The van der Waals surface area contributed by atoms with E-state index in [2.05, 4.69) is 10.4 Å². The molecule has 4 rings (SSSR count). The van der Waals surface area contributed by atoms with Crippen LogP contribution in [0.25, 0.3) is 0 Å². The Bertz CT molecular complexity index is 955. The van der Waals surface area contributed by atoms with Crippen molar-refractivity contribution < 1.29 is 18.7 Å². The van der Waals surface area contributed by atoms with Crippen molar-refractivity contribution in [3.05, 3.63) is 66.4 Å². The van der Waals surface area contributed by atoms with Crippen LogP contribution in [0.4, 0.5) is 5.69 Å². The van der Waals surface area contributed by atoms with Crippen LogP contribution >= 0.6 is 0 Å². The van der Waals surface area contributed by atoms with Crippen LogP contribution in [0.15, 0.2) is 59.5 Å². The van der Waals surface area contributed by atoms with E-state index in [0.29, 0.717) is 12.2 Å². The predicted molar refractivity (Wildman–Crippen MR) is 101 cm³/mol. The molecule has 2 aromatic heterocycles. The van der Waals surface area contributed by atoms with Crippen molar-refractivity contribution in [3.8, 4) is 5.75 Å². The number of rotatable bonds is 6. The van der Waals surface area contributed by atoms with Gasteiger partial charge in [0.1, 0.15) is 18.4 Å². The lowest BCUT2D eigenvalue weighted by molar-refractivity contribution is -0.131. The van der Waals surface area contributed by atoms with E-state index >= 15 is 0 Å². The number of para-hydroxylation sites is 1. The minimum absolute atomic E-state index is 0.0490. The van der Waals surface area contributed by atoms with Crippen molar-refractivity contribution in [1.82, 2.24) is 14.7 Å². The number of hydrogen-bond donors (Lipinski definition) is 1. The Morgan fingerprint density at radius 1 is 1.29 bits per heavy atom. The molecule has 28 heavy (non-hydrogen) atoms. The van der Waals surface area contributed by atoms with Gasteiger partial charge in [0.15, 0.2) is 5.76 Å². The molecular formula is C20H20N4O4. The molecule has 1 N–H and O–H groups in total. The van der Waals surface area contributed by atoms with Crippen molar-refractivity contribution in [2.45, 2.75) is 19.1 Å². The summed E-state index contributed by atoms with van der Waals surface area (Å²) in [6, 6.07) is 11.1. The van der Waals surface area contributed by atoms with E-state index in [1.54, 1.807) is 30.3 Å². The largest absolute Gasteiger partial charge is 0.488 e. The molecule has 1 aliphatic rings. The van der Waals surface area contributed by atoms with Crippen LogP contribution in [0.3, 0.4) is 0 Å². The average molecular weight is 380 g/mol. The first-order valence-electron chi connectivity index (χ1n) is 8.94. The molecule has 0 spiro atoms. The van der Waals surface area contributed by atoms with Gasteiger partial charge in [-0.2, -0.15) is 5.10 Å². The molecule has 8 heteroatoms. The summed E-state index contributed by atoms with van der Waals surface area (Å²) in [6.45, 7) is 0.573. The second kappa shape index (κ2) is 7.59. The Kier molecular flexibility index (Phi) is 4.84. The molecule has 0 aliphatic carbocycles. The highest BCUT2D eigenvalue weighted by Crippen LogP contribution is 2.28. The Hall–Kier alpha value is -3.55. The van der Waals surface area contributed by atoms with Crippen LogP contribution in [0, 0.1) is 0 Å². The molecule has 8 nitrogen and oxygen atoms in total. The standard InChI is InChI=1S/C20H20N4O4/c1-23(12-16-9-14-5-2-3-6-17(14)28-16)19(25)13-24-11-15(10-21-24)22-20(26)18-7-4-8-27-18/h2-8,10-11,16H,9,12-13H2,1H3,(H,22,26). The average Bonchev–Trinajstić information content (AvgIpc) is 3.42. The van der Waals surface area contributed by atoms with Crippen molar-refractivity contribution in [3.63, 3.8) is 0 Å². The van der Waals surface area contributed by atoms with Gasteiger partial charge >= 0.3 is 0 Å². The molecule has 1 atom stereocenters. The number of nitrogens with one attached hydrogen (secondary N) is 1. The van der Waals surface area contributed by atoms with Crippen molar-refractivity contribution >= 4 is 17.5 Å². The van der Waals surface area contributed by atoms with E-state index in [9.17, 15) is 9.59 Å². The van der Waals surface area contributed by atoms with Gasteiger partial charge in [-0.1, -0.05) is 18.2 Å². The number of carbonyl (C=O) groups is 2. The van der Waals surface area contributed by atoms with Crippen LogP contribution in [0.5, 0.6) is 5.75 Å². The number of furan rings is 1. The van der Waals surface area contributed by atoms with Crippen molar-refractivity contribution in [2.24, 2.45) is 0 Å². The molecule has 0 radical (unpaired) electrons. The number of likely N-dealkylation sites (N-methyl/N-ethyl adjacent to an activating group) is 1. The van der Waals surface area contributed by atoms with Gasteiger partial charge < -0.3 is 19.4 Å². The van der Waals surface area contributed by atoms with Crippen LogP contribution in [-0.4, -0.2) is 46.2 Å². The third kappa shape index (κ3) is 3.90. The summed E-state index contributed by atoms with van der Waals surface area (Å²) in [5.74, 6) is 0.635. The molecule has 1 aliphatic heterocycles. The van der Waals surface area contributed by atoms with E-state index in [1.165, 1.54) is 17.1 Å². The van der Waals surface area contributed by atoms with E-state index in [4.69, 9.17) is 9.15 Å². The minimum Gasteiger partial charge on any atom is -0.488 e. The van der Waals surface area contributed by atoms with Crippen molar-refractivity contribution in [1.29, 1.82) is 0 Å². The second-order valence-electron chi connectivity index (χ2n) is 6.68. The zero-order valence-electron chi connectivity index (χ0n) is 15.4. The highest BCUT2D eigenvalue weighted by molar-refractivity contribution is 6.02. The van der Waals surface area contributed by atoms with E-state index in [0.717, 1.165) is 17.7 Å². The number of aromatic nitrogens is 2. The smallest absolute Gasteiger partial charge is 0.291 e. The zero-order valence-corrected chi connectivity index (χ0v) is 15.4. The SMILES string of the molecule is CN(CC1Cc2ccccc2O1)C(=O)Cn1cc(NC(=O)c2ccco2)cn1. The first-order chi connectivity index (χ1) is 13.6. The summed E-state index contributed by atoms with van der Waals surface area (Å²) in [5.41, 5.74) is 1.66. The highest BCUT2D eigenvalue weighted by atomic mass is 16.5. The quantitative estimate of drug-likeness (QED) is 0.708. The fourth-order valence-corrected chi connectivity index (χ4v) is 3.14. The number of hydrogen-bond acceptors (Lipinski definition) is 5. The lowest BCUT2D eigenvalue weighted by Gasteiger charge is -2.21. The van der Waals surface area contributed by atoms with Crippen LogP contribution in [-0.2, 0) is 17.8 Å². The number of amides is 2. The Balaban J connectivity index is 1.29. The maximum absolute atomic E-state index is 12.5. The predicted octanol–water partition coefficient (Wildman–Crippen LogP) is 2.19. The Morgan fingerprint density at radius 2 is 2.14 bits per heavy atom. The fourth-order valence-electron chi connectivity index (χ4n) is 3.14. The van der Waals surface area contributed by atoms with Crippen molar-refractivity contribution in [2.75, 3.05) is 18.9 Å². The number of anilines is 1. The summed E-state index contributed by atoms with van der Waals surface area (Å²) in [6.07, 6.45) is 5.27. The number of fused-ring (bicyclic) bond motifs is 1. The molecule has 0 saturated heterocycles. The van der Waals surface area contributed by atoms with Crippen LogP contribution in [0.2, 0.25) is 0 Å². The summed E-state index contributed by atoms with van der Waals surface area (Å²) < 4.78 is 12.4. The first-order valence-corrected chi connectivity index (χ1v) is 8.94. The first kappa shape index (κ1) is 17.8. The Morgan fingerprint density at radius 3 is 2.93 bits per heavy atom. The van der Waals surface area contributed by atoms with Gasteiger partial charge in [-0.15, -0.1) is 0 Å². The number of carbonyl (C=O) groups excluding carboxylic acids is 2. The van der Waals surface area contributed by atoms with Gasteiger partial charge in [-0.25, -0.2) is 0 Å². The van der Waals surface area contributed by atoms with Gasteiger partial charge in [0, 0.05) is 19.7 Å². The third-order valence-corrected chi connectivity index (χ3v) is 4.55. The van der Waals surface area contributed by atoms with Crippen LogP contribution < -0.4 is 10.1 Å². The molecule has 144 valence electrons. The summed E-state index contributed by atoms with van der Waals surface area (Å²) in [4.78, 5) is 26.1. The van der Waals surface area contributed by atoms with E-state index in [1.807, 2.05) is 24.3 Å². The summed E-state index contributed by atoms with van der Waals surface area (Å²) in [7, 11) is 1.75. The van der Waals surface area contributed by atoms with Gasteiger partial charge in [0.05, 0.1) is 24.7 Å². The second-order valence-corrected chi connectivity index (χ2v) is 6.68. The molecule has 1 unspecified atom stereocenters. The molecule has 0 fully saturated rings. The molecule has 2 amide bonds. The van der Waals surface area contributed by atoms with E-state index in [-0.39, 0.29) is 30.2 Å². The van der Waals surface area contributed by atoms with Gasteiger partial charge in [0.2, 0.25) is 5.91 Å². The van der Waals surface area contributed by atoms with E-state index < -0.39 is 0 Å². The number of nitrogens with zero attached hydrogens (tertiary/aromatic N) is 3. The monoisotopic (exact) mass is 380 g/mol. The maximum Gasteiger partial charge on any atom is 0.291 e. The molecule has 0 saturated carbocycles. The minimum atomic E-state index is -0.369. The maximum atomic E-state index is 12.5. The lowest BCUT2D eigenvalue weighted by Crippen LogP contribution is -2.38. The highest BCUT2D eigenvalue weighted by Gasteiger charge is 2.25. The summed E-state index contributed by atoms with van der Waals surface area (Å²) >= 11 is 0. The molecule has 0 bridgehead atoms. The Labute approximate surface area is 161 Å². The molecule has 3 aromatic rings. The molecule has 1 aromatic carbocycles. The number of ether oxygens (including phenoxy) is 1. The molecular weight excluding hydrogens is 360 g/mol. The van der Waals surface area contributed by atoms with Crippen LogP contribution in [0.1, 0.15) is 16.1 Å². The fraction of sp³-hybridized carbons (Fsp3) is 0.250. The third-order valence-electron chi connectivity index (χ3n) is 4.55. The zero-order chi connectivity index (χ0) is 19.5. The molecule has 3 heterocycles. The number of benzene rings is 1. The van der Waals surface area contributed by atoms with Gasteiger partial charge in [-0.05, 0) is 23.8 Å². The normalized spacial score (nSPS) is 15.0. The van der Waals surface area contributed by atoms with Gasteiger partial charge in [0.25, 0.3) is 5.91 Å². The topological polar surface area (TPSA) is 89.6 Å².